The van der Waals surface area contributed by atoms with Crippen molar-refractivity contribution in [3.8, 4) is 11.5 Å². The van der Waals surface area contributed by atoms with Crippen molar-refractivity contribution in [1.82, 2.24) is 20.1 Å². The van der Waals surface area contributed by atoms with E-state index in [1.54, 1.807) is 25.4 Å². The SMILES string of the molecule is COc1c(OC[C@@H](O)CN2CC3CCC(C2)O3)ccc2c1N=C(NC(=O)c1cccnc1)N1CCN=C21. The number of carbonyl (C=O) groups is 1. The van der Waals surface area contributed by atoms with Crippen LogP contribution in [-0.2, 0) is 4.74 Å². The van der Waals surface area contributed by atoms with Crippen LogP contribution in [0.3, 0.4) is 0 Å². The van der Waals surface area contributed by atoms with Gasteiger partial charge in [0.2, 0.25) is 5.96 Å². The molecule has 1 aromatic heterocycles. The third-order valence-electron chi connectivity index (χ3n) is 7.02. The molecule has 4 aliphatic rings. The minimum Gasteiger partial charge on any atom is -0.491 e. The number of amidine groups is 1. The summed E-state index contributed by atoms with van der Waals surface area (Å²) < 4.78 is 17.6. The predicted octanol–water partition coefficient (Wildman–Crippen LogP) is 1.19. The minimum atomic E-state index is -0.661. The fourth-order valence-corrected chi connectivity index (χ4v) is 5.36. The molecular weight excluding hydrogens is 476 g/mol. The topological polar surface area (TPSA) is 121 Å². The first kappa shape index (κ1) is 23.8. The van der Waals surface area contributed by atoms with Crippen molar-refractivity contribution in [1.29, 1.82) is 0 Å². The van der Waals surface area contributed by atoms with Crippen LogP contribution in [0.1, 0.15) is 28.8 Å². The van der Waals surface area contributed by atoms with Crippen molar-refractivity contribution in [2.75, 3.05) is 46.4 Å². The number of nitrogens with zero attached hydrogens (tertiary/aromatic N) is 5. The van der Waals surface area contributed by atoms with Crippen molar-refractivity contribution in [3.05, 3.63) is 47.8 Å². The van der Waals surface area contributed by atoms with E-state index in [9.17, 15) is 9.90 Å². The Bertz CT molecular complexity index is 1220. The molecule has 2 fully saturated rings. The second kappa shape index (κ2) is 10.1. The van der Waals surface area contributed by atoms with Crippen molar-refractivity contribution in [2.24, 2.45) is 9.98 Å². The standard InChI is InChI=1S/C26H30N6O5/c1-35-23-21(36-15-17(33)12-31-13-18-4-5-19(14-31)37-18)7-6-20-22(23)29-26(32-10-9-28-24(20)32)30-25(34)16-3-2-8-27-11-16/h2-3,6-8,11,17-19,33H,4-5,9-10,12-15H2,1H3,(H,29,30,34)/t17-,18?,19?/m0/s1. The predicted molar refractivity (Wildman–Crippen MR) is 136 cm³/mol. The second-order valence-electron chi connectivity index (χ2n) is 9.62. The van der Waals surface area contributed by atoms with Gasteiger partial charge < -0.3 is 19.3 Å². The number of carbonyl (C=O) groups excluding carboxylic acids is 1. The third kappa shape index (κ3) is 4.77. The maximum atomic E-state index is 12.8. The van der Waals surface area contributed by atoms with E-state index in [1.807, 2.05) is 17.0 Å². The van der Waals surface area contributed by atoms with Gasteiger partial charge in [-0.25, -0.2) is 4.99 Å². The Labute approximate surface area is 214 Å². The number of methoxy groups -OCH3 is 1. The zero-order chi connectivity index (χ0) is 25.4. The van der Waals surface area contributed by atoms with Crippen LogP contribution in [0.2, 0.25) is 0 Å². The van der Waals surface area contributed by atoms with Crippen molar-refractivity contribution in [3.63, 3.8) is 0 Å². The first-order valence-corrected chi connectivity index (χ1v) is 12.6. The first-order valence-electron chi connectivity index (χ1n) is 12.6. The molecule has 2 unspecified atom stereocenters. The number of rotatable bonds is 7. The van der Waals surface area contributed by atoms with Gasteiger partial charge in [0.1, 0.15) is 24.2 Å². The number of aliphatic imine (C=N–C) groups is 2. The first-order chi connectivity index (χ1) is 18.1. The number of morpholine rings is 1. The average Bonchev–Trinajstić information content (AvgIpc) is 3.54. The molecule has 2 bridgehead atoms. The van der Waals surface area contributed by atoms with Gasteiger partial charge in [-0.2, -0.15) is 0 Å². The molecule has 194 valence electrons. The largest absolute Gasteiger partial charge is 0.491 e. The molecule has 11 heteroatoms. The van der Waals surface area contributed by atoms with Gasteiger partial charge in [0.25, 0.3) is 5.91 Å². The Morgan fingerprint density at radius 2 is 2.11 bits per heavy atom. The monoisotopic (exact) mass is 506 g/mol. The fraction of sp³-hybridized carbons (Fsp3) is 0.462. The molecule has 0 saturated carbocycles. The highest BCUT2D eigenvalue weighted by Crippen LogP contribution is 2.43. The maximum Gasteiger partial charge on any atom is 0.259 e. The van der Waals surface area contributed by atoms with Crippen LogP contribution in [0.5, 0.6) is 11.5 Å². The van der Waals surface area contributed by atoms with E-state index < -0.39 is 6.10 Å². The molecule has 2 saturated heterocycles. The number of aromatic nitrogens is 1. The second-order valence-corrected chi connectivity index (χ2v) is 9.62. The summed E-state index contributed by atoms with van der Waals surface area (Å²) in [6.07, 6.45) is 5.19. The van der Waals surface area contributed by atoms with Gasteiger partial charge in [-0.3, -0.25) is 29.9 Å². The molecule has 5 heterocycles. The number of hydrogen-bond acceptors (Lipinski definition) is 10. The lowest BCUT2D eigenvalue weighted by atomic mass is 10.1. The molecule has 37 heavy (non-hydrogen) atoms. The lowest BCUT2D eigenvalue weighted by molar-refractivity contribution is -0.0529. The maximum absolute atomic E-state index is 12.8. The number of guanidine groups is 1. The van der Waals surface area contributed by atoms with Crippen LogP contribution >= 0.6 is 0 Å². The number of pyridine rings is 1. The Morgan fingerprint density at radius 1 is 1.27 bits per heavy atom. The van der Waals surface area contributed by atoms with Crippen LogP contribution in [0.4, 0.5) is 5.69 Å². The number of amides is 1. The Hall–Kier alpha value is -3.54. The van der Waals surface area contributed by atoms with Crippen LogP contribution in [0, 0.1) is 0 Å². The summed E-state index contributed by atoms with van der Waals surface area (Å²) >= 11 is 0. The van der Waals surface area contributed by atoms with Gasteiger partial charge in [0.05, 0.1) is 31.4 Å². The number of aliphatic hydroxyl groups excluding tert-OH is 1. The van der Waals surface area contributed by atoms with Gasteiger partial charge >= 0.3 is 0 Å². The molecule has 11 nitrogen and oxygen atoms in total. The zero-order valence-corrected chi connectivity index (χ0v) is 20.7. The lowest BCUT2D eigenvalue weighted by Gasteiger charge is -2.33. The smallest absolute Gasteiger partial charge is 0.259 e. The average molecular weight is 507 g/mol. The molecule has 4 aliphatic heterocycles. The lowest BCUT2D eigenvalue weighted by Crippen LogP contribution is -2.47. The molecule has 1 aromatic carbocycles. The molecule has 0 spiro atoms. The molecule has 3 atom stereocenters. The number of hydrogen-bond donors (Lipinski definition) is 2. The minimum absolute atomic E-state index is 0.114. The zero-order valence-electron chi connectivity index (χ0n) is 20.7. The fourth-order valence-electron chi connectivity index (χ4n) is 5.36. The molecule has 0 radical (unpaired) electrons. The van der Waals surface area contributed by atoms with E-state index >= 15 is 0 Å². The van der Waals surface area contributed by atoms with Gasteiger partial charge in [-0.15, -0.1) is 0 Å². The van der Waals surface area contributed by atoms with E-state index in [-0.39, 0.29) is 24.7 Å². The number of benzene rings is 1. The summed E-state index contributed by atoms with van der Waals surface area (Å²) in [5, 5.41) is 13.6. The van der Waals surface area contributed by atoms with Crippen molar-refractivity contribution in [2.45, 2.75) is 31.2 Å². The Morgan fingerprint density at radius 3 is 2.86 bits per heavy atom. The summed E-state index contributed by atoms with van der Waals surface area (Å²) in [6, 6.07) is 7.10. The number of aliphatic hydroxyl groups is 1. The Balaban J connectivity index is 1.20. The van der Waals surface area contributed by atoms with E-state index in [1.165, 1.54) is 6.20 Å². The molecule has 2 aromatic rings. The number of fused-ring (bicyclic) bond motifs is 5. The van der Waals surface area contributed by atoms with Crippen molar-refractivity contribution < 1.29 is 24.1 Å². The highest BCUT2D eigenvalue weighted by Gasteiger charge is 2.35. The summed E-state index contributed by atoms with van der Waals surface area (Å²) in [6.45, 7) is 3.53. The summed E-state index contributed by atoms with van der Waals surface area (Å²) in [7, 11) is 1.55. The highest BCUT2D eigenvalue weighted by atomic mass is 16.5. The summed E-state index contributed by atoms with van der Waals surface area (Å²) in [5.41, 5.74) is 1.75. The van der Waals surface area contributed by atoms with E-state index in [0.29, 0.717) is 48.3 Å². The van der Waals surface area contributed by atoms with Crippen LogP contribution < -0.4 is 14.8 Å². The molecule has 0 aliphatic carbocycles. The van der Waals surface area contributed by atoms with E-state index in [4.69, 9.17) is 19.2 Å². The summed E-state index contributed by atoms with van der Waals surface area (Å²) in [4.78, 5) is 30.4. The molecular formula is C26H30N6O5. The number of nitrogens with one attached hydrogen (secondary N) is 1. The van der Waals surface area contributed by atoms with Gasteiger partial charge in [-0.05, 0) is 37.1 Å². The molecule has 1 amide bonds. The van der Waals surface area contributed by atoms with Crippen molar-refractivity contribution >= 4 is 23.4 Å². The van der Waals surface area contributed by atoms with E-state index in [2.05, 4.69) is 20.2 Å². The number of ether oxygens (including phenoxy) is 3. The molecule has 6 rings (SSSR count). The van der Waals surface area contributed by atoms with E-state index in [0.717, 1.165) is 37.3 Å². The van der Waals surface area contributed by atoms with Gasteiger partial charge in [-0.1, -0.05) is 0 Å². The van der Waals surface area contributed by atoms with Crippen LogP contribution in [0.15, 0.2) is 46.6 Å². The van der Waals surface area contributed by atoms with Gasteiger partial charge in [0.15, 0.2) is 11.5 Å². The summed E-state index contributed by atoms with van der Waals surface area (Å²) in [5.74, 6) is 1.67. The normalized spacial score (nSPS) is 23.0. The Kier molecular flexibility index (Phi) is 6.49. The number of likely N-dealkylation sites (tertiary alicyclic amines) is 1. The van der Waals surface area contributed by atoms with Crippen LogP contribution in [0.25, 0.3) is 0 Å². The van der Waals surface area contributed by atoms with Crippen LogP contribution in [-0.4, -0.2) is 102 Å². The quantitative estimate of drug-likeness (QED) is 0.575. The number of β-amino-alcohol motifs (C(OH)–C–C–N with tert-alkyl or cyclic N) is 1. The third-order valence-corrected chi connectivity index (χ3v) is 7.02. The highest BCUT2D eigenvalue weighted by molar-refractivity contribution is 6.20. The van der Waals surface area contributed by atoms with Gasteiger partial charge in [0, 0.05) is 44.1 Å². The molecule has 2 N–H and O–H groups in total.